The van der Waals surface area contributed by atoms with Gasteiger partial charge in [0.1, 0.15) is 0 Å². The Morgan fingerprint density at radius 1 is 1.22 bits per heavy atom. The topological polar surface area (TPSA) is 66.4 Å². The molecule has 0 aromatic heterocycles. The van der Waals surface area contributed by atoms with Gasteiger partial charge in [0, 0.05) is 29.3 Å². The molecule has 2 aliphatic rings. The summed E-state index contributed by atoms with van der Waals surface area (Å²) in [6, 6.07) is 9.43. The van der Waals surface area contributed by atoms with E-state index in [0.717, 1.165) is 17.7 Å². The van der Waals surface area contributed by atoms with Gasteiger partial charge < -0.3 is 10.4 Å². The lowest BCUT2D eigenvalue weighted by molar-refractivity contribution is -0.133. The zero-order valence-electron chi connectivity index (χ0n) is 13.6. The van der Waals surface area contributed by atoms with Crippen molar-refractivity contribution in [1.82, 2.24) is 5.32 Å². The van der Waals surface area contributed by atoms with Crippen LogP contribution in [0.15, 0.2) is 52.9 Å². The first-order chi connectivity index (χ1) is 10.8. The SMILES string of the molecule is CC1=C(C(=O)O)[C@H](c2ccccc2)C2=C(CC(C)(C)CC2=O)N1. The third kappa shape index (κ3) is 2.69. The van der Waals surface area contributed by atoms with E-state index in [-0.39, 0.29) is 16.8 Å². The summed E-state index contributed by atoms with van der Waals surface area (Å²) in [5.74, 6) is -1.43. The van der Waals surface area contributed by atoms with E-state index in [1.807, 2.05) is 30.3 Å². The number of carbonyl (C=O) groups excluding carboxylic acids is 1. The Labute approximate surface area is 135 Å². The van der Waals surface area contributed by atoms with Gasteiger partial charge >= 0.3 is 5.97 Å². The standard InChI is InChI=1S/C19H21NO3/c1-11-15(18(22)23)16(12-7-5-4-6-8-12)17-13(20-11)9-19(2,3)10-14(17)21/h4-8,16,20H,9-10H2,1-3H3,(H,22,23)/t16-/m0/s1. The quantitative estimate of drug-likeness (QED) is 0.879. The molecule has 1 heterocycles. The zero-order valence-corrected chi connectivity index (χ0v) is 13.6. The first-order valence-corrected chi connectivity index (χ1v) is 7.82. The molecule has 1 atom stereocenters. The van der Waals surface area contributed by atoms with Crippen LogP contribution in [0.2, 0.25) is 0 Å². The summed E-state index contributed by atoms with van der Waals surface area (Å²) in [5.41, 5.74) is 3.14. The number of benzene rings is 1. The Morgan fingerprint density at radius 3 is 2.48 bits per heavy atom. The van der Waals surface area contributed by atoms with Crippen molar-refractivity contribution in [2.75, 3.05) is 0 Å². The summed E-state index contributed by atoms with van der Waals surface area (Å²) in [6.45, 7) is 5.91. The minimum Gasteiger partial charge on any atom is -0.478 e. The molecule has 23 heavy (non-hydrogen) atoms. The van der Waals surface area contributed by atoms with Gasteiger partial charge in [-0.3, -0.25) is 4.79 Å². The molecule has 1 aliphatic carbocycles. The lowest BCUT2D eigenvalue weighted by atomic mass is 9.68. The van der Waals surface area contributed by atoms with Crippen LogP contribution >= 0.6 is 0 Å². The fourth-order valence-electron chi connectivity index (χ4n) is 3.70. The molecule has 2 N–H and O–H groups in total. The van der Waals surface area contributed by atoms with Crippen LogP contribution in [0.4, 0.5) is 0 Å². The van der Waals surface area contributed by atoms with Crippen LogP contribution in [-0.4, -0.2) is 16.9 Å². The normalized spacial score (nSPS) is 23.4. The van der Waals surface area contributed by atoms with Crippen LogP contribution in [0.3, 0.4) is 0 Å². The van der Waals surface area contributed by atoms with E-state index >= 15 is 0 Å². The number of nitrogens with one attached hydrogen (secondary N) is 1. The number of hydrogen-bond acceptors (Lipinski definition) is 3. The van der Waals surface area contributed by atoms with Crippen molar-refractivity contribution in [3.05, 3.63) is 58.4 Å². The van der Waals surface area contributed by atoms with Crippen LogP contribution in [0.25, 0.3) is 0 Å². The summed E-state index contributed by atoms with van der Waals surface area (Å²) < 4.78 is 0. The van der Waals surface area contributed by atoms with Gasteiger partial charge in [0.25, 0.3) is 0 Å². The van der Waals surface area contributed by atoms with Gasteiger partial charge in [-0.15, -0.1) is 0 Å². The molecular weight excluding hydrogens is 290 g/mol. The Bertz CT molecular complexity index is 741. The molecule has 0 saturated heterocycles. The highest BCUT2D eigenvalue weighted by Gasteiger charge is 2.42. The Morgan fingerprint density at radius 2 is 1.87 bits per heavy atom. The molecule has 3 rings (SSSR count). The average Bonchev–Trinajstić information content (AvgIpc) is 2.44. The third-order valence-electron chi connectivity index (χ3n) is 4.60. The predicted octanol–water partition coefficient (Wildman–Crippen LogP) is 3.38. The fourth-order valence-corrected chi connectivity index (χ4v) is 3.70. The van der Waals surface area contributed by atoms with Crippen molar-refractivity contribution in [1.29, 1.82) is 0 Å². The molecule has 0 amide bonds. The molecule has 0 saturated carbocycles. The number of dihydropyridines is 1. The van der Waals surface area contributed by atoms with Gasteiger partial charge in [-0.1, -0.05) is 44.2 Å². The second-order valence-corrected chi connectivity index (χ2v) is 7.15. The van der Waals surface area contributed by atoms with E-state index in [1.54, 1.807) is 6.92 Å². The number of carboxylic acid groups (broad SMARTS) is 1. The summed E-state index contributed by atoms with van der Waals surface area (Å²) >= 11 is 0. The Balaban J connectivity index is 2.20. The second kappa shape index (κ2) is 5.37. The van der Waals surface area contributed by atoms with E-state index < -0.39 is 11.9 Å². The van der Waals surface area contributed by atoms with Crippen molar-refractivity contribution in [2.24, 2.45) is 5.41 Å². The summed E-state index contributed by atoms with van der Waals surface area (Å²) in [4.78, 5) is 24.6. The third-order valence-corrected chi connectivity index (χ3v) is 4.60. The van der Waals surface area contributed by atoms with Crippen LogP contribution < -0.4 is 5.32 Å². The van der Waals surface area contributed by atoms with Gasteiger partial charge in [0.2, 0.25) is 0 Å². The summed E-state index contributed by atoms with van der Waals surface area (Å²) in [5, 5.41) is 12.9. The van der Waals surface area contributed by atoms with Crippen LogP contribution in [-0.2, 0) is 9.59 Å². The van der Waals surface area contributed by atoms with E-state index in [9.17, 15) is 14.7 Å². The number of aliphatic carboxylic acids is 1. The van der Waals surface area contributed by atoms with E-state index in [0.29, 0.717) is 17.7 Å². The molecule has 0 fully saturated rings. The van der Waals surface area contributed by atoms with Crippen molar-refractivity contribution < 1.29 is 14.7 Å². The molecule has 1 aromatic rings. The zero-order chi connectivity index (χ0) is 16.8. The predicted molar refractivity (Wildman–Crippen MR) is 87.7 cm³/mol. The van der Waals surface area contributed by atoms with Crippen molar-refractivity contribution in [3.8, 4) is 0 Å². The molecule has 1 aliphatic heterocycles. The molecule has 4 heteroatoms. The lowest BCUT2D eigenvalue weighted by Gasteiger charge is -2.39. The minimum absolute atomic E-state index is 0.0452. The van der Waals surface area contributed by atoms with E-state index in [4.69, 9.17) is 0 Å². The summed E-state index contributed by atoms with van der Waals surface area (Å²) in [7, 11) is 0. The van der Waals surface area contributed by atoms with Gasteiger partial charge in [-0.25, -0.2) is 4.79 Å². The molecule has 0 bridgehead atoms. The number of hydrogen-bond donors (Lipinski definition) is 2. The molecule has 0 unspecified atom stereocenters. The number of allylic oxidation sites excluding steroid dienone is 3. The fraction of sp³-hybridized carbons (Fsp3) is 0.368. The number of carbonyl (C=O) groups is 2. The molecule has 1 aromatic carbocycles. The summed E-state index contributed by atoms with van der Waals surface area (Å²) in [6.07, 6.45) is 1.20. The van der Waals surface area contributed by atoms with Crippen molar-refractivity contribution in [2.45, 2.75) is 39.5 Å². The largest absolute Gasteiger partial charge is 0.478 e. The molecule has 120 valence electrons. The Kier molecular flexibility index (Phi) is 3.63. The average molecular weight is 311 g/mol. The first kappa shape index (κ1) is 15.5. The second-order valence-electron chi connectivity index (χ2n) is 7.15. The van der Waals surface area contributed by atoms with Crippen LogP contribution in [0.5, 0.6) is 0 Å². The Hall–Kier alpha value is -2.36. The number of rotatable bonds is 2. The highest BCUT2D eigenvalue weighted by Crippen LogP contribution is 2.46. The van der Waals surface area contributed by atoms with E-state index in [1.165, 1.54) is 0 Å². The van der Waals surface area contributed by atoms with Crippen LogP contribution in [0.1, 0.15) is 45.1 Å². The van der Waals surface area contributed by atoms with Gasteiger partial charge in [-0.2, -0.15) is 0 Å². The maximum Gasteiger partial charge on any atom is 0.334 e. The van der Waals surface area contributed by atoms with Crippen molar-refractivity contribution >= 4 is 11.8 Å². The monoisotopic (exact) mass is 311 g/mol. The molecular formula is C19H21NO3. The maximum absolute atomic E-state index is 12.8. The number of carboxylic acids is 1. The minimum atomic E-state index is -0.979. The smallest absolute Gasteiger partial charge is 0.334 e. The highest BCUT2D eigenvalue weighted by atomic mass is 16.4. The van der Waals surface area contributed by atoms with Gasteiger partial charge in [0.15, 0.2) is 5.78 Å². The molecule has 0 radical (unpaired) electrons. The van der Waals surface area contributed by atoms with E-state index in [2.05, 4.69) is 19.2 Å². The number of Topliss-reactive ketones (excluding diaryl/α,β-unsaturated/α-hetero) is 1. The van der Waals surface area contributed by atoms with Crippen LogP contribution in [0, 0.1) is 5.41 Å². The number of ketones is 1. The lowest BCUT2D eigenvalue weighted by Crippen LogP contribution is -2.38. The van der Waals surface area contributed by atoms with Crippen molar-refractivity contribution in [3.63, 3.8) is 0 Å². The first-order valence-electron chi connectivity index (χ1n) is 7.82. The molecule has 0 spiro atoms. The van der Waals surface area contributed by atoms with Gasteiger partial charge in [0.05, 0.1) is 5.57 Å². The van der Waals surface area contributed by atoms with Gasteiger partial charge in [-0.05, 0) is 24.3 Å². The molecule has 4 nitrogen and oxygen atoms in total. The maximum atomic E-state index is 12.8. The highest BCUT2D eigenvalue weighted by molar-refractivity contribution is 6.03.